The highest BCUT2D eigenvalue weighted by atomic mass is 16.6. The molecule has 0 radical (unpaired) electrons. The maximum absolute atomic E-state index is 11.8. The Hall–Kier alpha value is -2.04. The number of benzene rings is 1. The van der Waals surface area contributed by atoms with Gasteiger partial charge >= 0.3 is 5.97 Å². The van der Waals surface area contributed by atoms with Gasteiger partial charge in [0.05, 0.1) is 5.56 Å². The summed E-state index contributed by atoms with van der Waals surface area (Å²) in [5.74, 6) is -0.388. The maximum atomic E-state index is 11.8. The number of aromatic nitrogens is 1. The van der Waals surface area contributed by atoms with Gasteiger partial charge in [-0.15, -0.1) is 0 Å². The Morgan fingerprint density at radius 3 is 2.76 bits per heavy atom. The van der Waals surface area contributed by atoms with E-state index in [-0.39, 0.29) is 12.0 Å². The Balaban J connectivity index is 2.33. The standard InChI is InChI=1S/C12H14N2O3/c1-12(2,3)17-10(15)7-4-5-9-8(6-7)14-11(13)16-9/h4-6H,1-3H3,(H2,13,14). The fourth-order valence-electron chi connectivity index (χ4n) is 1.41. The van der Waals surface area contributed by atoms with E-state index in [0.29, 0.717) is 16.7 Å². The number of ether oxygens (including phenoxy) is 1. The van der Waals surface area contributed by atoms with E-state index in [1.54, 1.807) is 18.2 Å². The molecule has 0 fully saturated rings. The van der Waals surface area contributed by atoms with Gasteiger partial charge in [0.15, 0.2) is 5.58 Å². The SMILES string of the molecule is CC(C)(C)OC(=O)c1ccc2oc(N)nc2c1. The van der Waals surface area contributed by atoms with Crippen LogP contribution in [0.2, 0.25) is 0 Å². The molecule has 2 N–H and O–H groups in total. The van der Waals surface area contributed by atoms with Crippen LogP contribution in [0.5, 0.6) is 0 Å². The summed E-state index contributed by atoms with van der Waals surface area (Å²) in [6.45, 7) is 5.45. The van der Waals surface area contributed by atoms with Gasteiger partial charge in [0.25, 0.3) is 6.01 Å². The van der Waals surface area contributed by atoms with E-state index in [1.807, 2.05) is 20.8 Å². The first kappa shape index (κ1) is 11.4. The molecule has 0 atom stereocenters. The Morgan fingerprint density at radius 2 is 2.12 bits per heavy atom. The van der Waals surface area contributed by atoms with Crippen molar-refractivity contribution in [2.75, 3.05) is 5.73 Å². The Morgan fingerprint density at radius 1 is 1.41 bits per heavy atom. The van der Waals surface area contributed by atoms with E-state index in [0.717, 1.165) is 0 Å². The lowest BCUT2D eigenvalue weighted by atomic mass is 10.1. The van der Waals surface area contributed by atoms with Crippen molar-refractivity contribution < 1.29 is 13.9 Å². The number of esters is 1. The number of anilines is 1. The van der Waals surface area contributed by atoms with E-state index < -0.39 is 5.60 Å². The van der Waals surface area contributed by atoms with Crippen LogP contribution in [-0.4, -0.2) is 16.6 Å². The number of carbonyl (C=O) groups is 1. The molecule has 1 aromatic heterocycles. The average molecular weight is 234 g/mol. The van der Waals surface area contributed by atoms with E-state index in [1.165, 1.54) is 0 Å². The number of hydrogen-bond acceptors (Lipinski definition) is 5. The van der Waals surface area contributed by atoms with Gasteiger partial charge in [-0.25, -0.2) is 4.79 Å². The predicted octanol–water partition coefficient (Wildman–Crippen LogP) is 2.37. The number of nitrogens with two attached hydrogens (primary N) is 1. The zero-order valence-corrected chi connectivity index (χ0v) is 9.98. The molecule has 0 bridgehead atoms. The summed E-state index contributed by atoms with van der Waals surface area (Å²) in [7, 11) is 0. The minimum absolute atomic E-state index is 0.0846. The molecule has 17 heavy (non-hydrogen) atoms. The summed E-state index contributed by atoms with van der Waals surface area (Å²) in [5, 5.41) is 0. The predicted molar refractivity (Wildman–Crippen MR) is 63.6 cm³/mol. The zero-order valence-electron chi connectivity index (χ0n) is 9.98. The van der Waals surface area contributed by atoms with E-state index >= 15 is 0 Å². The van der Waals surface area contributed by atoms with Crippen molar-refractivity contribution in [3.8, 4) is 0 Å². The fourth-order valence-corrected chi connectivity index (χ4v) is 1.41. The minimum atomic E-state index is -0.519. The molecule has 90 valence electrons. The molecule has 0 saturated carbocycles. The molecule has 0 amide bonds. The lowest BCUT2D eigenvalue weighted by Gasteiger charge is -2.19. The van der Waals surface area contributed by atoms with Gasteiger partial charge in [0, 0.05) is 0 Å². The molecule has 5 nitrogen and oxygen atoms in total. The first-order chi connectivity index (χ1) is 7.85. The van der Waals surface area contributed by atoms with Crippen LogP contribution in [0, 0.1) is 0 Å². The molecule has 0 aliphatic heterocycles. The topological polar surface area (TPSA) is 78.3 Å². The third-order valence-electron chi connectivity index (χ3n) is 2.04. The molecule has 0 aliphatic carbocycles. The second-order valence-electron chi connectivity index (χ2n) is 4.74. The first-order valence-corrected chi connectivity index (χ1v) is 5.24. The maximum Gasteiger partial charge on any atom is 0.338 e. The number of rotatable bonds is 1. The van der Waals surface area contributed by atoms with Crippen LogP contribution in [0.3, 0.4) is 0 Å². The molecule has 0 unspecified atom stereocenters. The van der Waals surface area contributed by atoms with Gasteiger partial charge in [-0.1, -0.05) is 0 Å². The van der Waals surface area contributed by atoms with Crippen LogP contribution in [0.1, 0.15) is 31.1 Å². The van der Waals surface area contributed by atoms with Crippen LogP contribution in [0.25, 0.3) is 11.1 Å². The van der Waals surface area contributed by atoms with Crippen molar-refractivity contribution in [1.82, 2.24) is 4.98 Å². The Bertz CT molecular complexity index is 567. The highest BCUT2D eigenvalue weighted by Gasteiger charge is 2.18. The third-order valence-corrected chi connectivity index (χ3v) is 2.04. The zero-order chi connectivity index (χ0) is 12.6. The van der Waals surface area contributed by atoms with Gasteiger partial charge in [0.1, 0.15) is 11.1 Å². The van der Waals surface area contributed by atoms with Crippen LogP contribution >= 0.6 is 0 Å². The van der Waals surface area contributed by atoms with E-state index in [9.17, 15) is 4.79 Å². The summed E-state index contributed by atoms with van der Waals surface area (Å²) in [6, 6.07) is 4.96. The average Bonchev–Trinajstić information content (AvgIpc) is 2.53. The normalized spacial score (nSPS) is 11.7. The highest BCUT2D eigenvalue weighted by molar-refractivity contribution is 5.93. The Labute approximate surface area is 98.6 Å². The van der Waals surface area contributed by atoms with Crippen LogP contribution in [0.4, 0.5) is 6.01 Å². The van der Waals surface area contributed by atoms with Crippen LogP contribution in [0.15, 0.2) is 22.6 Å². The van der Waals surface area contributed by atoms with Gasteiger partial charge in [-0.05, 0) is 39.0 Å². The van der Waals surface area contributed by atoms with Gasteiger partial charge in [-0.3, -0.25) is 0 Å². The van der Waals surface area contributed by atoms with Crippen molar-refractivity contribution in [2.24, 2.45) is 0 Å². The highest BCUT2D eigenvalue weighted by Crippen LogP contribution is 2.20. The lowest BCUT2D eigenvalue weighted by molar-refractivity contribution is 0.00697. The summed E-state index contributed by atoms with van der Waals surface area (Å²) < 4.78 is 10.4. The van der Waals surface area contributed by atoms with Crippen LogP contribution in [-0.2, 0) is 4.74 Å². The quantitative estimate of drug-likeness (QED) is 0.766. The van der Waals surface area contributed by atoms with Crippen molar-refractivity contribution in [3.05, 3.63) is 23.8 Å². The summed E-state index contributed by atoms with van der Waals surface area (Å²) >= 11 is 0. The molecular weight excluding hydrogens is 220 g/mol. The largest absolute Gasteiger partial charge is 0.456 e. The minimum Gasteiger partial charge on any atom is -0.456 e. The van der Waals surface area contributed by atoms with Crippen LogP contribution < -0.4 is 5.73 Å². The molecular formula is C12H14N2O3. The van der Waals surface area contributed by atoms with Gasteiger partial charge in [-0.2, -0.15) is 4.98 Å². The van der Waals surface area contributed by atoms with Gasteiger partial charge in [0.2, 0.25) is 0 Å². The number of hydrogen-bond donors (Lipinski definition) is 1. The van der Waals surface area contributed by atoms with E-state index in [4.69, 9.17) is 14.9 Å². The van der Waals surface area contributed by atoms with Crippen molar-refractivity contribution in [3.63, 3.8) is 0 Å². The van der Waals surface area contributed by atoms with Gasteiger partial charge < -0.3 is 14.9 Å². The molecule has 5 heteroatoms. The molecule has 2 rings (SSSR count). The second-order valence-corrected chi connectivity index (χ2v) is 4.74. The number of nitrogen functional groups attached to an aromatic ring is 1. The number of carbonyl (C=O) groups excluding carboxylic acids is 1. The molecule has 1 heterocycles. The van der Waals surface area contributed by atoms with Crippen molar-refractivity contribution in [1.29, 1.82) is 0 Å². The number of oxazole rings is 1. The van der Waals surface area contributed by atoms with E-state index in [2.05, 4.69) is 4.98 Å². The molecule has 0 spiro atoms. The second kappa shape index (κ2) is 3.76. The fraction of sp³-hybridized carbons (Fsp3) is 0.333. The first-order valence-electron chi connectivity index (χ1n) is 5.24. The molecule has 0 aliphatic rings. The molecule has 2 aromatic rings. The van der Waals surface area contributed by atoms with Crippen molar-refractivity contribution >= 4 is 23.1 Å². The number of nitrogens with zero attached hydrogens (tertiary/aromatic N) is 1. The smallest absolute Gasteiger partial charge is 0.338 e. The Kier molecular flexibility index (Phi) is 2.53. The summed E-state index contributed by atoms with van der Waals surface area (Å²) in [5.41, 5.74) is 6.43. The molecule has 0 saturated heterocycles. The lowest BCUT2D eigenvalue weighted by Crippen LogP contribution is -2.23. The summed E-state index contributed by atoms with van der Waals surface area (Å²) in [6.07, 6.45) is 0. The molecule has 1 aromatic carbocycles. The third kappa shape index (κ3) is 2.55. The van der Waals surface area contributed by atoms with Crippen molar-refractivity contribution in [2.45, 2.75) is 26.4 Å². The number of fused-ring (bicyclic) bond motifs is 1. The summed E-state index contributed by atoms with van der Waals surface area (Å²) in [4.78, 5) is 15.8. The monoisotopic (exact) mass is 234 g/mol.